The van der Waals surface area contributed by atoms with Gasteiger partial charge in [0.1, 0.15) is 0 Å². The summed E-state index contributed by atoms with van der Waals surface area (Å²) in [6.07, 6.45) is 4.71. The first-order valence-corrected chi connectivity index (χ1v) is 7.75. The molecule has 0 amide bonds. The fraction of sp³-hybridized carbons (Fsp3) is 1.00. The highest BCUT2D eigenvalue weighted by Gasteiger charge is 2.50. The van der Waals surface area contributed by atoms with Gasteiger partial charge in [0.25, 0.3) is 0 Å². The average molecular weight is 230 g/mol. The van der Waals surface area contributed by atoms with E-state index < -0.39 is 9.84 Å². The summed E-state index contributed by atoms with van der Waals surface area (Å²) in [5.74, 6) is 1.72. The Balaban J connectivity index is 1.94. The summed E-state index contributed by atoms with van der Waals surface area (Å²) < 4.78 is 22.5. The highest BCUT2D eigenvalue weighted by Crippen LogP contribution is 2.50. The molecule has 0 aromatic carbocycles. The number of hydrogen-bond donors (Lipinski definition) is 0. The van der Waals surface area contributed by atoms with Crippen LogP contribution in [0.4, 0.5) is 0 Å². The van der Waals surface area contributed by atoms with E-state index in [1.54, 1.807) is 0 Å². The lowest BCUT2D eigenvalue weighted by Crippen LogP contribution is -2.51. The Morgan fingerprint density at radius 2 is 1.53 bits per heavy atom. The molecule has 1 saturated heterocycles. The van der Waals surface area contributed by atoms with E-state index in [4.69, 9.17) is 0 Å². The maximum Gasteiger partial charge on any atom is 0.151 e. The largest absolute Gasteiger partial charge is 0.229 e. The lowest BCUT2D eigenvalue weighted by molar-refractivity contribution is 0.106. The van der Waals surface area contributed by atoms with E-state index in [0.717, 1.165) is 18.8 Å². The SMILES string of the molecule is CC(C)(C)C1CCC2(CC1)CS(=O)(=O)C2. The van der Waals surface area contributed by atoms with E-state index >= 15 is 0 Å². The molecule has 0 aromatic heterocycles. The van der Waals surface area contributed by atoms with Gasteiger partial charge in [-0.05, 0) is 42.4 Å². The highest BCUT2D eigenvalue weighted by atomic mass is 32.2. The fourth-order valence-electron chi connectivity index (χ4n) is 3.28. The summed E-state index contributed by atoms with van der Waals surface area (Å²) in [6, 6.07) is 0. The van der Waals surface area contributed by atoms with Gasteiger partial charge < -0.3 is 0 Å². The summed E-state index contributed by atoms with van der Waals surface area (Å²) >= 11 is 0. The van der Waals surface area contributed by atoms with Gasteiger partial charge in [0.2, 0.25) is 0 Å². The molecule has 2 nitrogen and oxygen atoms in total. The van der Waals surface area contributed by atoms with Crippen LogP contribution in [-0.2, 0) is 9.84 Å². The maximum atomic E-state index is 11.2. The van der Waals surface area contributed by atoms with E-state index in [-0.39, 0.29) is 5.41 Å². The van der Waals surface area contributed by atoms with Gasteiger partial charge in [0.15, 0.2) is 9.84 Å². The van der Waals surface area contributed by atoms with Gasteiger partial charge in [-0.3, -0.25) is 0 Å². The van der Waals surface area contributed by atoms with E-state index in [1.165, 1.54) is 12.8 Å². The zero-order chi connectivity index (χ0) is 11.3. The molecule has 2 rings (SSSR count). The molecule has 2 aliphatic rings. The van der Waals surface area contributed by atoms with E-state index in [9.17, 15) is 8.42 Å². The molecule has 0 bridgehead atoms. The van der Waals surface area contributed by atoms with Crippen molar-refractivity contribution in [2.45, 2.75) is 46.5 Å². The Kier molecular flexibility index (Phi) is 2.46. The van der Waals surface area contributed by atoms with Gasteiger partial charge in [-0.25, -0.2) is 8.42 Å². The zero-order valence-corrected chi connectivity index (χ0v) is 10.9. The Morgan fingerprint density at radius 3 is 1.87 bits per heavy atom. The molecule has 3 heteroatoms. The van der Waals surface area contributed by atoms with Crippen molar-refractivity contribution in [2.75, 3.05) is 11.5 Å². The quantitative estimate of drug-likeness (QED) is 0.641. The first-order chi connectivity index (χ1) is 6.73. The van der Waals surface area contributed by atoms with Crippen LogP contribution in [0.5, 0.6) is 0 Å². The van der Waals surface area contributed by atoms with Crippen LogP contribution >= 0.6 is 0 Å². The van der Waals surface area contributed by atoms with Gasteiger partial charge in [0.05, 0.1) is 11.5 Å². The molecule has 1 spiro atoms. The van der Waals surface area contributed by atoms with Gasteiger partial charge in [-0.1, -0.05) is 20.8 Å². The second-order valence-corrected chi connectivity index (χ2v) is 8.74. The molecular formula is C12H22O2S. The van der Waals surface area contributed by atoms with Gasteiger partial charge in [-0.15, -0.1) is 0 Å². The molecular weight excluding hydrogens is 208 g/mol. The smallest absolute Gasteiger partial charge is 0.151 e. The van der Waals surface area contributed by atoms with Crippen molar-refractivity contribution < 1.29 is 8.42 Å². The van der Waals surface area contributed by atoms with Crippen molar-refractivity contribution in [3.8, 4) is 0 Å². The summed E-state index contributed by atoms with van der Waals surface area (Å²) in [7, 11) is -2.64. The molecule has 2 fully saturated rings. The first kappa shape index (κ1) is 11.4. The van der Waals surface area contributed by atoms with E-state index in [0.29, 0.717) is 16.9 Å². The van der Waals surface area contributed by atoms with Crippen LogP contribution in [0.2, 0.25) is 0 Å². The molecule has 1 saturated carbocycles. The minimum Gasteiger partial charge on any atom is -0.229 e. The van der Waals surface area contributed by atoms with Crippen LogP contribution in [0.1, 0.15) is 46.5 Å². The minimum absolute atomic E-state index is 0.195. The van der Waals surface area contributed by atoms with Crippen molar-refractivity contribution in [1.29, 1.82) is 0 Å². The predicted octanol–water partition coefficient (Wildman–Crippen LogP) is 2.64. The Labute approximate surface area is 93.4 Å². The monoisotopic (exact) mass is 230 g/mol. The van der Waals surface area contributed by atoms with E-state index in [2.05, 4.69) is 20.8 Å². The Bertz CT molecular complexity index is 326. The van der Waals surface area contributed by atoms with Gasteiger partial charge in [0, 0.05) is 0 Å². The third-order valence-electron chi connectivity index (χ3n) is 4.32. The van der Waals surface area contributed by atoms with Crippen LogP contribution in [-0.4, -0.2) is 19.9 Å². The molecule has 0 radical (unpaired) electrons. The molecule has 1 heterocycles. The Hall–Kier alpha value is -0.0500. The number of rotatable bonds is 0. The lowest BCUT2D eigenvalue weighted by Gasteiger charge is -2.48. The normalized spacial score (nSPS) is 30.1. The van der Waals surface area contributed by atoms with E-state index in [1.807, 2.05) is 0 Å². The average Bonchev–Trinajstić information content (AvgIpc) is 1.99. The first-order valence-electron chi connectivity index (χ1n) is 5.93. The predicted molar refractivity (Wildman–Crippen MR) is 62.5 cm³/mol. The topological polar surface area (TPSA) is 34.1 Å². The fourth-order valence-corrected chi connectivity index (χ4v) is 5.63. The van der Waals surface area contributed by atoms with Crippen molar-refractivity contribution >= 4 is 9.84 Å². The summed E-state index contributed by atoms with van der Waals surface area (Å²) in [5.41, 5.74) is 0.588. The van der Waals surface area contributed by atoms with Crippen LogP contribution < -0.4 is 0 Å². The summed E-state index contributed by atoms with van der Waals surface area (Å²) in [6.45, 7) is 6.90. The standard InChI is InChI=1S/C12H22O2S/c1-11(2,3)10-4-6-12(7-5-10)8-15(13,14)9-12/h10H,4-9H2,1-3H3. The minimum atomic E-state index is -2.64. The molecule has 15 heavy (non-hydrogen) atoms. The van der Waals surface area contributed by atoms with Crippen molar-refractivity contribution in [1.82, 2.24) is 0 Å². The van der Waals surface area contributed by atoms with Gasteiger partial charge >= 0.3 is 0 Å². The molecule has 0 unspecified atom stereocenters. The molecule has 0 N–H and O–H groups in total. The molecule has 1 aliphatic carbocycles. The highest BCUT2D eigenvalue weighted by molar-refractivity contribution is 7.92. The number of sulfone groups is 1. The van der Waals surface area contributed by atoms with Crippen molar-refractivity contribution in [3.63, 3.8) is 0 Å². The summed E-state index contributed by atoms with van der Waals surface area (Å²) in [4.78, 5) is 0. The van der Waals surface area contributed by atoms with Crippen molar-refractivity contribution in [2.24, 2.45) is 16.7 Å². The van der Waals surface area contributed by atoms with Crippen molar-refractivity contribution in [3.05, 3.63) is 0 Å². The van der Waals surface area contributed by atoms with Crippen LogP contribution in [0.3, 0.4) is 0 Å². The number of hydrogen-bond acceptors (Lipinski definition) is 2. The van der Waals surface area contributed by atoms with Crippen LogP contribution in [0, 0.1) is 16.7 Å². The third kappa shape index (κ3) is 2.22. The molecule has 0 atom stereocenters. The summed E-state index contributed by atoms with van der Waals surface area (Å²) in [5, 5.41) is 0. The second kappa shape index (κ2) is 3.22. The second-order valence-electron chi connectivity index (χ2n) is 6.67. The molecule has 1 aliphatic heterocycles. The lowest BCUT2D eigenvalue weighted by atomic mass is 9.65. The zero-order valence-electron chi connectivity index (χ0n) is 10.0. The van der Waals surface area contributed by atoms with Crippen LogP contribution in [0.15, 0.2) is 0 Å². The third-order valence-corrected chi connectivity index (χ3v) is 6.43. The maximum absolute atomic E-state index is 11.2. The van der Waals surface area contributed by atoms with Gasteiger partial charge in [-0.2, -0.15) is 0 Å². The molecule has 88 valence electrons. The molecule has 0 aromatic rings. The van der Waals surface area contributed by atoms with Crippen LogP contribution in [0.25, 0.3) is 0 Å². The Morgan fingerprint density at radius 1 is 1.07 bits per heavy atom.